The van der Waals surface area contributed by atoms with Gasteiger partial charge in [-0.1, -0.05) is 39.3 Å². The van der Waals surface area contributed by atoms with Gasteiger partial charge in [-0.05, 0) is 38.3 Å². The highest BCUT2D eigenvalue weighted by Crippen LogP contribution is 2.18. The molecule has 0 saturated heterocycles. The lowest BCUT2D eigenvalue weighted by Crippen LogP contribution is -1.96. The molecule has 0 saturated carbocycles. The number of rotatable bonds is 1. The van der Waals surface area contributed by atoms with Gasteiger partial charge in [0.25, 0.3) is 0 Å². The van der Waals surface area contributed by atoms with E-state index in [1.807, 2.05) is 55.0 Å². The quantitative estimate of drug-likeness (QED) is 0.386. The molecule has 2 aromatic rings. The predicted molar refractivity (Wildman–Crippen MR) is 104 cm³/mol. The van der Waals surface area contributed by atoms with Gasteiger partial charge < -0.3 is 0 Å². The standard InChI is InChI=1S/C12H4ClFIN3S.2C2H6/c13-12-9(1-2-19-15)7-18(17-12)11-4-8(6-16)3-10(14)5-11;2*1-2/h3-5,7H;2*1-2H3. The summed E-state index contributed by atoms with van der Waals surface area (Å²) in [7, 11) is 1.33. The van der Waals surface area contributed by atoms with E-state index in [2.05, 4.69) is 16.3 Å². The van der Waals surface area contributed by atoms with Crippen LogP contribution in [-0.2, 0) is 0 Å². The fraction of sp³-hybridized carbons (Fsp3) is 0.250. The minimum atomic E-state index is -0.504. The summed E-state index contributed by atoms with van der Waals surface area (Å²) in [4.78, 5) is 0. The molecule has 0 fully saturated rings. The molecule has 0 spiro atoms. The van der Waals surface area contributed by atoms with Crippen LogP contribution >= 0.6 is 41.7 Å². The van der Waals surface area contributed by atoms with Gasteiger partial charge in [0.2, 0.25) is 0 Å². The van der Waals surface area contributed by atoms with Gasteiger partial charge in [-0.25, -0.2) is 9.07 Å². The second-order valence-electron chi connectivity index (χ2n) is 3.39. The Kier molecular flexibility index (Phi) is 11.6. The third-order valence-corrected chi connectivity index (χ3v) is 3.29. The summed E-state index contributed by atoms with van der Waals surface area (Å²) in [6, 6.07) is 5.84. The first-order valence-corrected chi connectivity index (χ1v) is 10.6. The minimum Gasteiger partial charge on any atom is -0.238 e. The maximum atomic E-state index is 13.4. The third-order valence-electron chi connectivity index (χ3n) is 2.17. The van der Waals surface area contributed by atoms with Gasteiger partial charge in [0.15, 0.2) is 5.15 Å². The smallest absolute Gasteiger partial charge is 0.167 e. The van der Waals surface area contributed by atoms with E-state index in [-0.39, 0.29) is 10.7 Å². The van der Waals surface area contributed by atoms with Crippen molar-refractivity contribution in [2.75, 3.05) is 0 Å². The van der Waals surface area contributed by atoms with Crippen LogP contribution < -0.4 is 0 Å². The van der Waals surface area contributed by atoms with Crippen molar-refractivity contribution in [1.29, 1.82) is 5.26 Å². The number of nitrogens with zero attached hydrogens (tertiary/aromatic N) is 3. The van der Waals surface area contributed by atoms with Crippen LogP contribution in [0.25, 0.3) is 5.69 Å². The first kappa shape index (κ1) is 21.8. The van der Waals surface area contributed by atoms with Crippen molar-refractivity contribution in [1.82, 2.24) is 9.78 Å². The first-order chi connectivity index (χ1) is 11.1. The van der Waals surface area contributed by atoms with E-state index in [4.69, 9.17) is 16.9 Å². The van der Waals surface area contributed by atoms with Crippen LogP contribution in [0.3, 0.4) is 0 Å². The molecule has 1 aromatic heterocycles. The van der Waals surface area contributed by atoms with E-state index in [1.165, 1.54) is 25.7 Å². The van der Waals surface area contributed by atoms with E-state index in [0.29, 0.717) is 11.3 Å². The molecule has 0 bridgehead atoms. The second-order valence-corrected chi connectivity index (χ2v) is 5.43. The number of hydrogen-bond acceptors (Lipinski definition) is 3. The second kappa shape index (κ2) is 12.2. The van der Waals surface area contributed by atoms with E-state index in [1.54, 1.807) is 6.20 Å². The topological polar surface area (TPSA) is 41.6 Å². The molecular weight excluding hydrogens is 448 g/mol. The van der Waals surface area contributed by atoms with Crippen LogP contribution in [-0.4, -0.2) is 9.78 Å². The Morgan fingerprint density at radius 1 is 1.26 bits per heavy atom. The summed E-state index contributed by atoms with van der Waals surface area (Å²) in [6.45, 7) is 8.00. The maximum Gasteiger partial charge on any atom is 0.167 e. The van der Waals surface area contributed by atoms with Crippen LogP contribution in [0.1, 0.15) is 38.8 Å². The van der Waals surface area contributed by atoms with Crippen molar-refractivity contribution in [3.63, 3.8) is 0 Å². The zero-order valence-electron chi connectivity index (χ0n) is 13.2. The fourth-order valence-electron chi connectivity index (χ4n) is 1.41. The predicted octanol–water partition coefficient (Wildman–Crippen LogP) is 5.98. The SMILES string of the molecule is CC.CC.N#Cc1cc(F)cc(-n2cc(C#CSI)c(Cl)n2)c1. The Bertz CT molecular complexity index is 729. The van der Waals surface area contributed by atoms with E-state index >= 15 is 0 Å². The van der Waals surface area contributed by atoms with Gasteiger partial charge in [-0.2, -0.15) is 10.4 Å². The van der Waals surface area contributed by atoms with Crippen molar-refractivity contribution in [3.05, 3.63) is 46.5 Å². The molecule has 1 heterocycles. The fourth-order valence-corrected chi connectivity index (χ4v) is 2.07. The number of nitriles is 1. The average Bonchev–Trinajstić information content (AvgIpc) is 2.97. The van der Waals surface area contributed by atoms with Crippen LogP contribution in [0.2, 0.25) is 5.15 Å². The Morgan fingerprint density at radius 3 is 2.48 bits per heavy atom. The molecule has 0 aliphatic heterocycles. The van der Waals surface area contributed by atoms with Crippen molar-refractivity contribution in [2.45, 2.75) is 27.7 Å². The zero-order chi connectivity index (χ0) is 17.8. The summed E-state index contributed by atoms with van der Waals surface area (Å²) in [5.41, 5.74) is 1.19. The van der Waals surface area contributed by atoms with Gasteiger partial charge >= 0.3 is 0 Å². The van der Waals surface area contributed by atoms with E-state index in [9.17, 15) is 4.39 Å². The molecule has 0 unspecified atom stereocenters. The molecule has 3 nitrogen and oxygen atoms in total. The van der Waals surface area contributed by atoms with Crippen LogP contribution in [0.5, 0.6) is 0 Å². The average molecular weight is 464 g/mol. The molecule has 2 rings (SSSR count). The minimum absolute atomic E-state index is 0.220. The highest BCUT2D eigenvalue weighted by molar-refractivity contribution is 14.2. The Morgan fingerprint density at radius 2 is 1.91 bits per heavy atom. The van der Waals surface area contributed by atoms with Crippen LogP contribution in [0.4, 0.5) is 4.39 Å². The molecule has 0 radical (unpaired) electrons. The maximum absolute atomic E-state index is 13.4. The number of hydrogen-bond donors (Lipinski definition) is 0. The van der Waals surface area contributed by atoms with Gasteiger partial charge in [0.05, 0.1) is 22.9 Å². The molecule has 1 aromatic carbocycles. The highest BCUT2D eigenvalue weighted by Gasteiger charge is 2.08. The van der Waals surface area contributed by atoms with Crippen molar-refractivity contribution in [3.8, 4) is 22.9 Å². The van der Waals surface area contributed by atoms with Crippen LogP contribution in [0, 0.1) is 28.3 Å². The molecule has 0 aliphatic rings. The van der Waals surface area contributed by atoms with E-state index in [0.717, 1.165) is 6.07 Å². The number of aromatic nitrogens is 2. The summed E-state index contributed by atoms with van der Waals surface area (Å²) < 4.78 is 14.7. The first-order valence-electron chi connectivity index (χ1n) is 6.89. The molecule has 23 heavy (non-hydrogen) atoms. The summed E-state index contributed by atoms with van der Waals surface area (Å²) >= 11 is 7.98. The third kappa shape index (κ3) is 6.82. The highest BCUT2D eigenvalue weighted by atomic mass is 127. The van der Waals surface area contributed by atoms with Crippen molar-refractivity contribution >= 4 is 41.7 Å². The number of benzene rings is 1. The van der Waals surface area contributed by atoms with Crippen molar-refractivity contribution < 1.29 is 4.39 Å². The van der Waals surface area contributed by atoms with Gasteiger partial charge in [-0.3, -0.25) is 0 Å². The molecular formula is C16H16ClFIN3S. The summed E-state index contributed by atoms with van der Waals surface area (Å²) in [5.74, 6) is 2.32. The molecule has 0 N–H and O–H groups in total. The lowest BCUT2D eigenvalue weighted by atomic mass is 10.2. The number of halogens is 3. The molecule has 0 amide bonds. The normalized spacial score (nSPS) is 8.43. The van der Waals surface area contributed by atoms with Crippen LogP contribution in [0.15, 0.2) is 24.4 Å². The lowest BCUT2D eigenvalue weighted by Gasteiger charge is -2.01. The Balaban J connectivity index is 0.00000112. The molecule has 0 atom stereocenters. The Labute approximate surface area is 157 Å². The van der Waals surface area contributed by atoms with Gasteiger partial charge in [-0.15, -0.1) is 0 Å². The van der Waals surface area contributed by atoms with Gasteiger partial charge in [0, 0.05) is 27.4 Å². The van der Waals surface area contributed by atoms with Crippen molar-refractivity contribution in [2.24, 2.45) is 0 Å². The van der Waals surface area contributed by atoms with E-state index < -0.39 is 5.82 Å². The molecule has 122 valence electrons. The largest absolute Gasteiger partial charge is 0.238 e. The summed E-state index contributed by atoms with van der Waals surface area (Å²) in [5, 5.41) is 15.9. The molecule has 7 heteroatoms. The zero-order valence-corrected chi connectivity index (χ0v) is 16.9. The summed E-state index contributed by atoms with van der Waals surface area (Å²) in [6.07, 6.45) is 1.60. The lowest BCUT2D eigenvalue weighted by molar-refractivity contribution is 0.625. The monoisotopic (exact) mass is 463 g/mol. The Hall–Kier alpha value is -1.22. The van der Waals surface area contributed by atoms with Gasteiger partial charge in [0.1, 0.15) is 5.82 Å². The molecule has 0 aliphatic carbocycles.